The molecule has 1 unspecified atom stereocenters. The number of hydrogen-bond donors (Lipinski definition) is 0. The second-order valence-corrected chi connectivity index (χ2v) is 5.19. The van der Waals surface area contributed by atoms with Crippen molar-refractivity contribution in [3.8, 4) is 0 Å². The van der Waals surface area contributed by atoms with Gasteiger partial charge in [0.25, 0.3) is 0 Å². The number of halogens is 2. The molecule has 0 aromatic heterocycles. The van der Waals surface area contributed by atoms with E-state index in [1.165, 1.54) is 0 Å². The first-order chi connectivity index (χ1) is 7.66. The zero-order valence-electron chi connectivity index (χ0n) is 9.01. The van der Waals surface area contributed by atoms with Gasteiger partial charge in [-0.15, -0.1) is 0 Å². The Hall–Kier alpha value is -0.530. The van der Waals surface area contributed by atoms with Gasteiger partial charge in [-0.1, -0.05) is 36.0 Å². The minimum Gasteiger partial charge on any atom is -0.299 e. The summed E-state index contributed by atoms with van der Waals surface area (Å²) in [5.41, 5.74) is 0.976. The molecule has 0 amide bonds. The molecule has 1 saturated carbocycles. The average Bonchev–Trinajstić information content (AvgIpc) is 2.41. The summed E-state index contributed by atoms with van der Waals surface area (Å²) in [6.45, 7) is 0. The summed E-state index contributed by atoms with van der Waals surface area (Å²) in [6, 6.07) is 5.43. The van der Waals surface area contributed by atoms with E-state index in [1.807, 2.05) is 12.1 Å². The zero-order valence-corrected chi connectivity index (χ0v) is 10.5. The summed E-state index contributed by atoms with van der Waals surface area (Å²) >= 11 is 11.9. The predicted molar refractivity (Wildman–Crippen MR) is 67.3 cm³/mol. The van der Waals surface area contributed by atoms with Gasteiger partial charge in [0.15, 0.2) is 0 Å². The van der Waals surface area contributed by atoms with Crippen LogP contribution in [0, 0.1) is 0 Å². The molecule has 86 valence electrons. The Morgan fingerprint density at radius 2 is 1.69 bits per heavy atom. The summed E-state index contributed by atoms with van der Waals surface area (Å²) < 4.78 is 0. The average molecular weight is 257 g/mol. The van der Waals surface area contributed by atoms with Crippen molar-refractivity contribution in [3.05, 3.63) is 33.8 Å². The molecule has 16 heavy (non-hydrogen) atoms. The van der Waals surface area contributed by atoms with E-state index >= 15 is 0 Å². The van der Waals surface area contributed by atoms with Crippen LogP contribution in [0.4, 0.5) is 0 Å². The van der Waals surface area contributed by atoms with E-state index in [-0.39, 0.29) is 5.92 Å². The van der Waals surface area contributed by atoms with Crippen LogP contribution in [0.25, 0.3) is 0 Å². The van der Waals surface area contributed by atoms with E-state index in [1.54, 1.807) is 6.07 Å². The minimum absolute atomic E-state index is 0.00120. The van der Waals surface area contributed by atoms with Crippen molar-refractivity contribution in [3.63, 3.8) is 0 Å². The van der Waals surface area contributed by atoms with Gasteiger partial charge in [-0.05, 0) is 36.6 Å². The number of carbonyl (C=O) groups is 1. The number of benzene rings is 1. The Balaban J connectivity index is 2.30. The fourth-order valence-electron chi connectivity index (χ4n) is 2.29. The van der Waals surface area contributed by atoms with E-state index in [9.17, 15) is 4.79 Å². The molecule has 0 heterocycles. The quantitative estimate of drug-likeness (QED) is 0.671. The van der Waals surface area contributed by atoms with Gasteiger partial charge in [-0.25, -0.2) is 0 Å². The zero-order chi connectivity index (χ0) is 11.5. The highest BCUT2D eigenvalue weighted by Gasteiger charge is 2.22. The number of hydrogen-bond acceptors (Lipinski definition) is 1. The molecule has 0 N–H and O–H groups in total. The third-order valence-electron chi connectivity index (χ3n) is 3.09. The molecule has 1 fully saturated rings. The highest BCUT2D eigenvalue weighted by molar-refractivity contribution is 6.34. The van der Waals surface area contributed by atoms with Gasteiger partial charge < -0.3 is 0 Å². The second-order valence-electron chi connectivity index (χ2n) is 4.32. The van der Waals surface area contributed by atoms with E-state index in [2.05, 4.69) is 0 Å². The molecule has 0 radical (unpaired) electrons. The molecular weight excluding hydrogens is 243 g/mol. The lowest BCUT2D eigenvalue weighted by atomic mass is 9.91. The molecule has 3 heteroatoms. The molecule has 0 saturated heterocycles. The van der Waals surface area contributed by atoms with Gasteiger partial charge in [0, 0.05) is 22.4 Å². The molecule has 1 aliphatic carbocycles. The lowest BCUT2D eigenvalue weighted by Gasteiger charge is -2.14. The highest BCUT2D eigenvalue weighted by atomic mass is 35.5. The molecule has 1 nitrogen and oxygen atoms in total. The van der Waals surface area contributed by atoms with Crippen LogP contribution in [-0.2, 0) is 4.79 Å². The maximum atomic E-state index is 12.0. The lowest BCUT2D eigenvalue weighted by Crippen LogP contribution is -2.10. The SMILES string of the molecule is O=C1CCCCCC1c1cc(Cl)cc(Cl)c1. The van der Waals surface area contributed by atoms with Crippen molar-refractivity contribution in [2.75, 3.05) is 0 Å². The van der Waals surface area contributed by atoms with Crippen LogP contribution >= 0.6 is 23.2 Å². The van der Waals surface area contributed by atoms with Crippen molar-refractivity contribution in [2.24, 2.45) is 0 Å². The Morgan fingerprint density at radius 1 is 1.00 bits per heavy atom. The van der Waals surface area contributed by atoms with Gasteiger partial charge in [-0.2, -0.15) is 0 Å². The molecule has 0 aliphatic heterocycles. The maximum absolute atomic E-state index is 12.0. The second kappa shape index (κ2) is 5.20. The summed E-state index contributed by atoms with van der Waals surface area (Å²) in [6.07, 6.45) is 4.89. The monoisotopic (exact) mass is 256 g/mol. The minimum atomic E-state index is -0.00120. The fourth-order valence-corrected chi connectivity index (χ4v) is 2.83. The molecule has 1 aliphatic rings. The van der Waals surface area contributed by atoms with Crippen molar-refractivity contribution in [1.29, 1.82) is 0 Å². The smallest absolute Gasteiger partial charge is 0.140 e. The maximum Gasteiger partial charge on any atom is 0.140 e. The predicted octanol–water partition coefficient (Wildman–Crippen LogP) is 4.61. The summed E-state index contributed by atoms with van der Waals surface area (Å²) in [7, 11) is 0. The third-order valence-corrected chi connectivity index (χ3v) is 3.53. The first-order valence-corrected chi connectivity index (χ1v) is 6.41. The molecule has 2 rings (SSSR count). The lowest BCUT2D eigenvalue weighted by molar-refractivity contribution is -0.120. The van der Waals surface area contributed by atoms with Crippen molar-refractivity contribution in [2.45, 2.75) is 38.0 Å². The van der Waals surface area contributed by atoms with Crippen LogP contribution in [0.1, 0.15) is 43.6 Å². The topological polar surface area (TPSA) is 17.1 Å². The molecule has 1 atom stereocenters. The van der Waals surface area contributed by atoms with Crippen molar-refractivity contribution >= 4 is 29.0 Å². The molecular formula is C13H14Cl2O. The summed E-state index contributed by atoms with van der Waals surface area (Å²) in [5.74, 6) is 0.328. The van der Waals surface area contributed by atoms with Crippen LogP contribution in [0.3, 0.4) is 0 Å². The number of Topliss-reactive ketones (excluding diaryl/α,β-unsaturated/α-hetero) is 1. The Morgan fingerprint density at radius 3 is 2.38 bits per heavy atom. The first kappa shape index (κ1) is 11.9. The number of carbonyl (C=O) groups excluding carboxylic acids is 1. The van der Waals surface area contributed by atoms with E-state index in [0.29, 0.717) is 22.2 Å². The van der Waals surface area contributed by atoms with Gasteiger partial charge in [-0.3, -0.25) is 4.79 Å². The Labute approximate surface area is 106 Å². The molecule has 1 aromatic carbocycles. The van der Waals surface area contributed by atoms with Crippen LogP contribution in [0.5, 0.6) is 0 Å². The number of ketones is 1. The Bertz CT molecular complexity index is 381. The molecule has 0 bridgehead atoms. The first-order valence-electron chi connectivity index (χ1n) is 5.65. The Kier molecular flexibility index (Phi) is 3.88. The standard InChI is InChI=1S/C13H14Cl2O/c14-10-6-9(7-11(15)8-10)12-4-2-1-3-5-13(12)16/h6-8,12H,1-5H2. The third kappa shape index (κ3) is 2.78. The van der Waals surface area contributed by atoms with Gasteiger partial charge in [0.1, 0.15) is 5.78 Å². The number of rotatable bonds is 1. The van der Waals surface area contributed by atoms with Crippen molar-refractivity contribution in [1.82, 2.24) is 0 Å². The summed E-state index contributed by atoms with van der Waals surface area (Å²) in [4.78, 5) is 12.0. The molecule has 1 aromatic rings. The van der Waals surface area contributed by atoms with Gasteiger partial charge in [0.05, 0.1) is 0 Å². The fraction of sp³-hybridized carbons (Fsp3) is 0.462. The van der Waals surface area contributed by atoms with Gasteiger partial charge in [0.2, 0.25) is 0 Å². The highest BCUT2D eigenvalue weighted by Crippen LogP contribution is 2.32. The van der Waals surface area contributed by atoms with E-state index in [4.69, 9.17) is 23.2 Å². The summed E-state index contributed by atoms with van der Waals surface area (Å²) in [5, 5.41) is 1.22. The van der Waals surface area contributed by atoms with Crippen LogP contribution < -0.4 is 0 Å². The van der Waals surface area contributed by atoms with Crippen LogP contribution in [-0.4, -0.2) is 5.78 Å². The van der Waals surface area contributed by atoms with Gasteiger partial charge >= 0.3 is 0 Å². The largest absolute Gasteiger partial charge is 0.299 e. The molecule has 0 spiro atoms. The van der Waals surface area contributed by atoms with Crippen molar-refractivity contribution < 1.29 is 4.79 Å². The van der Waals surface area contributed by atoms with E-state index < -0.39 is 0 Å². The normalized spacial score (nSPS) is 21.9. The van der Waals surface area contributed by atoms with E-state index in [0.717, 1.165) is 31.2 Å². The van der Waals surface area contributed by atoms with Crippen LogP contribution in [0.2, 0.25) is 10.0 Å². The van der Waals surface area contributed by atoms with Crippen LogP contribution in [0.15, 0.2) is 18.2 Å².